The van der Waals surface area contributed by atoms with Gasteiger partial charge in [-0.15, -0.1) is 0 Å². The molecule has 0 aliphatic heterocycles. The molecule has 0 N–H and O–H groups in total. The lowest BCUT2D eigenvalue weighted by atomic mass is 10.1. The Morgan fingerprint density at radius 3 is 2.75 bits per heavy atom. The summed E-state index contributed by atoms with van der Waals surface area (Å²) in [6, 6.07) is 6.07. The highest BCUT2D eigenvalue weighted by Crippen LogP contribution is 2.36. The minimum absolute atomic E-state index is 0.0374. The van der Waals surface area contributed by atoms with Gasteiger partial charge in [-0.2, -0.15) is 0 Å². The number of fused-ring (bicyclic) bond motifs is 1. The average Bonchev–Trinajstić information content (AvgIpc) is 2.98. The van der Waals surface area contributed by atoms with Gasteiger partial charge in [0.15, 0.2) is 0 Å². The van der Waals surface area contributed by atoms with E-state index in [2.05, 4.69) is 29.6 Å². The molecule has 0 aliphatic rings. The van der Waals surface area contributed by atoms with E-state index in [1.54, 1.807) is 16.8 Å². The van der Waals surface area contributed by atoms with Gasteiger partial charge in [0, 0.05) is 44.1 Å². The number of para-hydroxylation sites is 1. The summed E-state index contributed by atoms with van der Waals surface area (Å²) in [7, 11) is -1.21. The van der Waals surface area contributed by atoms with Crippen LogP contribution in [0.15, 0.2) is 30.6 Å². The molecule has 0 radical (unpaired) electrons. The first-order valence-corrected chi connectivity index (χ1v) is 13.1. The number of ether oxygens (including phenoxy) is 1. The lowest BCUT2D eigenvalue weighted by Gasteiger charge is -2.15. The van der Waals surface area contributed by atoms with Crippen LogP contribution >= 0.6 is 11.6 Å². The first-order valence-electron chi connectivity index (χ1n) is 9.01. The molecule has 0 amide bonds. The molecule has 7 nitrogen and oxygen atoms in total. The summed E-state index contributed by atoms with van der Waals surface area (Å²) in [4.78, 5) is 19.6. The molecule has 0 bridgehead atoms. The SMILES string of the molecule is Cc1cnc(Cl)nc1-c1cn(COCC[Si](C)(C)C)c2c([N+](=O)[O-])cccc12. The summed E-state index contributed by atoms with van der Waals surface area (Å²) in [6.07, 6.45) is 3.49. The second-order valence-electron chi connectivity index (χ2n) is 7.96. The van der Waals surface area contributed by atoms with Crippen molar-refractivity contribution in [1.82, 2.24) is 14.5 Å². The second-order valence-corrected chi connectivity index (χ2v) is 13.9. The Morgan fingerprint density at radius 2 is 2.07 bits per heavy atom. The van der Waals surface area contributed by atoms with Gasteiger partial charge in [0.1, 0.15) is 12.2 Å². The van der Waals surface area contributed by atoms with Crippen molar-refractivity contribution in [2.75, 3.05) is 6.61 Å². The summed E-state index contributed by atoms with van der Waals surface area (Å²) in [5.41, 5.74) is 2.83. The van der Waals surface area contributed by atoms with Crippen LogP contribution in [0.3, 0.4) is 0 Å². The minimum Gasteiger partial charge on any atom is -0.361 e. The van der Waals surface area contributed by atoms with Gasteiger partial charge in [-0.1, -0.05) is 31.8 Å². The lowest BCUT2D eigenvalue weighted by molar-refractivity contribution is -0.383. The maximum atomic E-state index is 11.6. The van der Waals surface area contributed by atoms with Crippen LogP contribution in [-0.4, -0.2) is 34.1 Å². The highest BCUT2D eigenvalue weighted by atomic mass is 35.5. The standard InChI is InChI=1S/C19H23ClN4O3Si/c1-13-10-21-19(20)22-17(13)15-11-23(12-27-8-9-28(2,3)4)18-14(15)6-5-7-16(18)24(25)26/h5-7,10-11H,8-9,12H2,1-4H3. The van der Waals surface area contributed by atoms with Crippen molar-refractivity contribution in [2.45, 2.75) is 39.3 Å². The maximum absolute atomic E-state index is 11.6. The van der Waals surface area contributed by atoms with Crippen LogP contribution in [0.1, 0.15) is 5.56 Å². The van der Waals surface area contributed by atoms with E-state index in [9.17, 15) is 10.1 Å². The molecular formula is C19H23ClN4O3Si. The van der Waals surface area contributed by atoms with Crippen molar-refractivity contribution in [3.05, 3.63) is 51.6 Å². The third-order valence-corrected chi connectivity index (χ3v) is 6.38. The van der Waals surface area contributed by atoms with Gasteiger partial charge in [0.25, 0.3) is 5.69 Å². The summed E-state index contributed by atoms with van der Waals surface area (Å²) in [6.45, 7) is 9.61. The maximum Gasteiger partial charge on any atom is 0.293 e. The number of rotatable bonds is 7. The van der Waals surface area contributed by atoms with E-state index in [1.807, 2.05) is 19.2 Å². The Balaban J connectivity index is 2.07. The minimum atomic E-state index is -1.21. The molecule has 2 heterocycles. The first kappa shape index (κ1) is 20.4. The van der Waals surface area contributed by atoms with Crippen LogP contribution in [0.2, 0.25) is 31.0 Å². The van der Waals surface area contributed by atoms with Crippen LogP contribution in [0.4, 0.5) is 5.69 Å². The molecule has 0 unspecified atom stereocenters. The number of halogens is 1. The Labute approximate surface area is 169 Å². The Bertz CT molecular complexity index is 1030. The number of hydrogen-bond donors (Lipinski definition) is 0. The highest BCUT2D eigenvalue weighted by Gasteiger charge is 2.22. The molecule has 2 aromatic heterocycles. The van der Waals surface area contributed by atoms with Crippen LogP contribution in [0, 0.1) is 17.0 Å². The first-order chi connectivity index (χ1) is 13.2. The number of nitro groups is 1. The van der Waals surface area contributed by atoms with E-state index < -0.39 is 8.07 Å². The fraction of sp³-hybridized carbons (Fsp3) is 0.368. The molecule has 0 fully saturated rings. The molecule has 148 valence electrons. The smallest absolute Gasteiger partial charge is 0.293 e. The molecular weight excluding hydrogens is 396 g/mol. The van der Waals surface area contributed by atoms with Gasteiger partial charge in [0.05, 0.1) is 10.6 Å². The number of nitrogens with zero attached hydrogens (tertiary/aromatic N) is 4. The fourth-order valence-electron chi connectivity index (χ4n) is 3.01. The molecule has 0 saturated heterocycles. The van der Waals surface area contributed by atoms with Gasteiger partial charge >= 0.3 is 0 Å². The average molecular weight is 419 g/mol. The lowest BCUT2D eigenvalue weighted by Crippen LogP contribution is -2.22. The summed E-state index contributed by atoms with van der Waals surface area (Å²) in [5.74, 6) is 0. The zero-order valence-electron chi connectivity index (χ0n) is 16.4. The molecule has 1 aromatic carbocycles. The fourth-order valence-corrected chi connectivity index (χ4v) is 3.90. The third-order valence-electron chi connectivity index (χ3n) is 4.50. The summed E-state index contributed by atoms with van der Waals surface area (Å²) in [5, 5.41) is 12.5. The van der Waals surface area contributed by atoms with Crippen molar-refractivity contribution >= 4 is 36.3 Å². The van der Waals surface area contributed by atoms with Crippen molar-refractivity contribution in [2.24, 2.45) is 0 Å². The number of aromatic nitrogens is 3. The van der Waals surface area contributed by atoms with Gasteiger partial charge < -0.3 is 9.30 Å². The Hall–Kier alpha value is -2.29. The van der Waals surface area contributed by atoms with E-state index in [0.29, 0.717) is 17.8 Å². The zero-order valence-corrected chi connectivity index (χ0v) is 18.2. The number of hydrogen-bond acceptors (Lipinski definition) is 5. The van der Waals surface area contributed by atoms with Crippen LogP contribution in [0.5, 0.6) is 0 Å². The van der Waals surface area contributed by atoms with E-state index in [1.165, 1.54) is 6.07 Å². The quantitative estimate of drug-likeness (QED) is 0.171. The molecule has 3 rings (SSSR count). The molecule has 0 saturated carbocycles. The van der Waals surface area contributed by atoms with Crippen molar-refractivity contribution in [1.29, 1.82) is 0 Å². The molecule has 0 aliphatic carbocycles. The Kier molecular flexibility index (Phi) is 5.83. The molecule has 0 spiro atoms. The predicted octanol–water partition coefficient (Wildman–Crippen LogP) is 5.28. The summed E-state index contributed by atoms with van der Waals surface area (Å²) >= 11 is 5.99. The van der Waals surface area contributed by atoms with Gasteiger partial charge in [-0.05, 0) is 30.1 Å². The van der Waals surface area contributed by atoms with Crippen molar-refractivity contribution < 1.29 is 9.66 Å². The molecule has 9 heteroatoms. The highest BCUT2D eigenvalue weighted by molar-refractivity contribution is 6.76. The van der Waals surface area contributed by atoms with Crippen LogP contribution in [-0.2, 0) is 11.5 Å². The Morgan fingerprint density at radius 1 is 1.32 bits per heavy atom. The van der Waals surface area contributed by atoms with Crippen LogP contribution < -0.4 is 0 Å². The predicted molar refractivity (Wildman–Crippen MR) is 113 cm³/mol. The topological polar surface area (TPSA) is 83.1 Å². The normalized spacial score (nSPS) is 11.9. The second kappa shape index (κ2) is 7.98. The summed E-state index contributed by atoms with van der Waals surface area (Å²) < 4.78 is 7.64. The van der Waals surface area contributed by atoms with Gasteiger partial charge in [-0.3, -0.25) is 10.1 Å². The van der Waals surface area contributed by atoms with Crippen molar-refractivity contribution in [3.63, 3.8) is 0 Å². The van der Waals surface area contributed by atoms with Crippen LogP contribution in [0.25, 0.3) is 22.2 Å². The number of nitro benzene ring substituents is 1. The number of non-ortho nitro benzene ring substituents is 1. The number of benzene rings is 1. The largest absolute Gasteiger partial charge is 0.361 e. The van der Waals surface area contributed by atoms with E-state index in [-0.39, 0.29) is 22.6 Å². The van der Waals surface area contributed by atoms with E-state index >= 15 is 0 Å². The number of aryl methyl sites for hydroxylation is 1. The zero-order chi connectivity index (χ0) is 20.5. The molecule has 28 heavy (non-hydrogen) atoms. The van der Waals surface area contributed by atoms with Crippen molar-refractivity contribution in [3.8, 4) is 11.3 Å². The third kappa shape index (κ3) is 4.40. The molecule has 3 aromatic rings. The van der Waals surface area contributed by atoms with E-state index in [0.717, 1.165) is 22.6 Å². The van der Waals surface area contributed by atoms with E-state index in [4.69, 9.17) is 16.3 Å². The monoisotopic (exact) mass is 418 g/mol. The van der Waals surface area contributed by atoms with Gasteiger partial charge in [0.2, 0.25) is 5.28 Å². The molecule has 0 atom stereocenters. The van der Waals surface area contributed by atoms with Gasteiger partial charge in [-0.25, -0.2) is 9.97 Å².